The minimum absolute atomic E-state index is 0.000417. The average Bonchev–Trinajstić information content (AvgIpc) is 2.39. The predicted molar refractivity (Wildman–Crippen MR) is 65.3 cm³/mol. The first-order chi connectivity index (χ1) is 8.59. The number of allylic oxidation sites excluding steroid dienone is 2. The molecule has 1 aliphatic heterocycles. The van der Waals surface area contributed by atoms with Crippen molar-refractivity contribution in [1.29, 1.82) is 0 Å². The number of hydrogen-bond donors (Lipinski definition) is 0. The topological polar surface area (TPSA) is 60.4 Å². The van der Waals surface area contributed by atoms with Crippen molar-refractivity contribution in [1.82, 2.24) is 4.90 Å². The van der Waals surface area contributed by atoms with E-state index in [2.05, 4.69) is 6.92 Å². The molecule has 0 spiro atoms. The molecule has 1 heterocycles. The van der Waals surface area contributed by atoms with E-state index in [1.54, 1.807) is 0 Å². The Hall–Kier alpha value is -1.32. The van der Waals surface area contributed by atoms with Gasteiger partial charge in [0.25, 0.3) is 0 Å². The van der Waals surface area contributed by atoms with E-state index in [4.69, 9.17) is 0 Å². The van der Waals surface area contributed by atoms with Crippen LogP contribution < -0.4 is 5.11 Å². The average molecular weight is 250 g/mol. The molecule has 0 unspecified atom stereocenters. The molecule has 0 aromatic rings. The van der Waals surface area contributed by atoms with Crippen LogP contribution in [-0.4, -0.2) is 29.9 Å². The van der Waals surface area contributed by atoms with Crippen LogP contribution in [0.4, 0.5) is 0 Å². The van der Waals surface area contributed by atoms with Gasteiger partial charge < -0.3 is 14.8 Å². The third-order valence-corrected chi connectivity index (χ3v) is 4.15. The Morgan fingerprint density at radius 3 is 2.22 bits per heavy atom. The molecule has 18 heavy (non-hydrogen) atoms. The number of amides is 1. The second kappa shape index (κ2) is 5.55. The number of carboxylic acid groups (broad SMARTS) is 1. The first-order valence-corrected chi connectivity index (χ1v) is 6.74. The molecule has 2 atom stereocenters. The standard InChI is InChI=1S/C14H21NO3/c1-10-6-8-15(9-7-10)13(16)11-4-2-3-5-12(11)14(17)18/h2-3,10-12H,4-9H2,1H3,(H,17,18)/p-1/t11-,12-/m1/s1. The minimum Gasteiger partial charge on any atom is -0.550 e. The van der Waals surface area contributed by atoms with Crippen molar-refractivity contribution in [3.63, 3.8) is 0 Å². The third kappa shape index (κ3) is 2.74. The van der Waals surface area contributed by atoms with Crippen molar-refractivity contribution in [3.05, 3.63) is 12.2 Å². The zero-order valence-corrected chi connectivity index (χ0v) is 10.8. The van der Waals surface area contributed by atoms with Crippen molar-refractivity contribution >= 4 is 11.9 Å². The number of rotatable bonds is 2. The molecule has 1 aliphatic carbocycles. The molecule has 4 nitrogen and oxygen atoms in total. The summed E-state index contributed by atoms with van der Waals surface area (Å²) in [5.41, 5.74) is 0. The van der Waals surface area contributed by atoms with Gasteiger partial charge in [-0.05, 0) is 31.6 Å². The van der Waals surface area contributed by atoms with E-state index >= 15 is 0 Å². The van der Waals surface area contributed by atoms with Crippen LogP contribution in [0.2, 0.25) is 0 Å². The van der Waals surface area contributed by atoms with Crippen LogP contribution in [0.15, 0.2) is 12.2 Å². The largest absolute Gasteiger partial charge is 0.550 e. The number of carboxylic acids is 1. The van der Waals surface area contributed by atoms with Crippen molar-refractivity contribution in [3.8, 4) is 0 Å². The molecular formula is C14H20NO3-. The van der Waals surface area contributed by atoms with E-state index < -0.39 is 17.8 Å². The van der Waals surface area contributed by atoms with E-state index in [-0.39, 0.29) is 5.91 Å². The SMILES string of the molecule is CC1CCN(C(=O)[C@@H]2CC=CC[C@H]2C(=O)[O-])CC1. The number of likely N-dealkylation sites (tertiary alicyclic amines) is 1. The molecule has 0 aromatic heterocycles. The smallest absolute Gasteiger partial charge is 0.226 e. The van der Waals surface area contributed by atoms with Gasteiger partial charge in [-0.15, -0.1) is 0 Å². The number of carbonyl (C=O) groups is 2. The highest BCUT2D eigenvalue weighted by atomic mass is 16.4. The fraction of sp³-hybridized carbons (Fsp3) is 0.714. The molecule has 1 saturated heterocycles. The van der Waals surface area contributed by atoms with Crippen molar-refractivity contribution in [2.45, 2.75) is 32.6 Å². The zero-order valence-electron chi connectivity index (χ0n) is 10.8. The first-order valence-electron chi connectivity index (χ1n) is 6.74. The Kier molecular flexibility index (Phi) is 4.04. The highest BCUT2D eigenvalue weighted by molar-refractivity contribution is 5.84. The lowest BCUT2D eigenvalue weighted by atomic mass is 9.81. The summed E-state index contributed by atoms with van der Waals surface area (Å²) in [6.07, 6.45) is 6.73. The van der Waals surface area contributed by atoms with E-state index in [9.17, 15) is 14.7 Å². The van der Waals surface area contributed by atoms with Crippen molar-refractivity contribution in [2.24, 2.45) is 17.8 Å². The minimum atomic E-state index is -1.09. The maximum atomic E-state index is 12.4. The second-order valence-corrected chi connectivity index (χ2v) is 5.48. The fourth-order valence-electron chi connectivity index (χ4n) is 2.81. The van der Waals surface area contributed by atoms with Crippen LogP contribution in [0.1, 0.15) is 32.6 Å². The van der Waals surface area contributed by atoms with Gasteiger partial charge in [0, 0.05) is 30.9 Å². The Balaban J connectivity index is 2.03. The Morgan fingerprint density at radius 1 is 1.11 bits per heavy atom. The molecule has 1 fully saturated rings. The van der Waals surface area contributed by atoms with Crippen LogP contribution in [0, 0.1) is 17.8 Å². The van der Waals surface area contributed by atoms with Gasteiger partial charge in [0.05, 0.1) is 0 Å². The van der Waals surface area contributed by atoms with Crippen LogP contribution in [0.5, 0.6) is 0 Å². The summed E-state index contributed by atoms with van der Waals surface area (Å²) in [4.78, 5) is 25.3. The third-order valence-electron chi connectivity index (χ3n) is 4.15. The normalized spacial score (nSPS) is 29.3. The molecule has 0 radical (unpaired) electrons. The summed E-state index contributed by atoms with van der Waals surface area (Å²) in [6.45, 7) is 3.72. The molecule has 1 amide bonds. The molecule has 0 aromatic carbocycles. The van der Waals surface area contributed by atoms with E-state index in [1.807, 2.05) is 17.1 Å². The van der Waals surface area contributed by atoms with Gasteiger partial charge in [0.15, 0.2) is 0 Å². The summed E-state index contributed by atoms with van der Waals surface area (Å²) in [5, 5.41) is 11.1. The number of piperidine rings is 1. The highest BCUT2D eigenvalue weighted by Gasteiger charge is 2.33. The molecular weight excluding hydrogens is 230 g/mol. The lowest BCUT2D eigenvalue weighted by Gasteiger charge is -2.36. The summed E-state index contributed by atoms with van der Waals surface area (Å²) in [5.74, 6) is -1.50. The molecule has 0 saturated carbocycles. The van der Waals surface area contributed by atoms with Gasteiger partial charge in [0.2, 0.25) is 5.91 Å². The lowest BCUT2D eigenvalue weighted by molar-refractivity contribution is -0.313. The van der Waals surface area contributed by atoms with Crippen LogP contribution in [-0.2, 0) is 9.59 Å². The molecule has 0 bridgehead atoms. The van der Waals surface area contributed by atoms with Gasteiger partial charge in [-0.2, -0.15) is 0 Å². The number of hydrogen-bond acceptors (Lipinski definition) is 3. The fourth-order valence-corrected chi connectivity index (χ4v) is 2.81. The molecule has 2 aliphatic rings. The number of aliphatic carboxylic acids is 1. The zero-order chi connectivity index (χ0) is 13.1. The monoisotopic (exact) mass is 250 g/mol. The summed E-state index contributed by atoms with van der Waals surface area (Å²) in [6, 6.07) is 0. The second-order valence-electron chi connectivity index (χ2n) is 5.48. The van der Waals surface area contributed by atoms with Gasteiger partial charge in [-0.25, -0.2) is 0 Å². The van der Waals surface area contributed by atoms with E-state index in [1.165, 1.54) is 0 Å². The van der Waals surface area contributed by atoms with Gasteiger partial charge >= 0.3 is 0 Å². The van der Waals surface area contributed by atoms with Crippen molar-refractivity contribution < 1.29 is 14.7 Å². The van der Waals surface area contributed by atoms with Gasteiger partial charge in [-0.3, -0.25) is 4.79 Å². The summed E-state index contributed by atoms with van der Waals surface area (Å²) >= 11 is 0. The quantitative estimate of drug-likeness (QED) is 0.673. The maximum Gasteiger partial charge on any atom is 0.226 e. The molecule has 4 heteroatoms. The molecule has 100 valence electrons. The Morgan fingerprint density at radius 2 is 1.67 bits per heavy atom. The van der Waals surface area contributed by atoms with E-state index in [0.29, 0.717) is 18.8 Å². The van der Waals surface area contributed by atoms with Gasteiger partial charge in [0.1, 0.15) is 0 Å². The van der Waals surface area contributed by atoms with E-state index in [0.717, 1.165) is 25.9 Å². The summed E-state index contributed by atoms with van der Waals surface area (Å²) < 4.78 is 0. The predicted octanol–water partition coefficient (Wildman–Crippen LogP) is 0.577. The Bertz CT molecular complexity index is 356. The van der Waals surface area contributed by atoms with Gasteiger partial charge in [-0.1, -0.05) is 19.1 Å². The Labute approximate surface area is 108 Å². The lowest BCUT2D eigenvalue weighted by Crippen LogP contribution is -2.47. The van der Waals surface area contributed by atoms with Crippen LogP contribution >= 0.6 is 0 Å². The molecule has 2 rings (SSSR count). The summed E-state index contributed by atoms with van der Waals surface area (Å²) in [7, 11) is 0. The van der Waals surface area contributed by atoms with Crippen LogP contribution in [0.25, 0.3) is 0 Å². The first kappa shape index (κ1) is 13.1. The van der Waals surface area contributed by atoms with Crippen molar-refractivity contribution in [2.75, 3.05) is 13.1 Å². The van der Waals surface area contributed by atoms with Crippen LogP contribution in [0.3, 0.4) is 0 Å². The maximum absolute atomic E-state index is 12.4. The highest BCUT2D eigenvalue weighted by Crippen LogP contribution is 2.28. The molecule has 0 N–H and O–H groups in total. The number of nitrogens with zero attached hydrogens (tertiary/aromatic N) is 1. The number of carbonyl (C=O) groups excluding carboxylic acids is 2.